The summed E-state index contributed by atoms with van der Waals surface area (Å²) >= 11 is 0. The SMILES string of the molecule is Cc1cc(C)c(CC=CCCNCC(C)C)c(C)c1. The molecular formula is C18H29N. The number of hydrogen-bond acceptors (Lipinski definition) is 1. The highest BCUT2D eigenvalue weighted by atomic mass is 14.8. The molecule has 0 radical (unpaired) electrons. The van der Waals surface area contributed by atoms with Crippen molar-refractivity contribution in [3.8, 4) is 0 Å². The molecule has 0 aliphatic carbocycles. The fourth-order valence-corrected chi connectivity index (χ4v) is 2.43. The number of allylic oxidation sites excluding steroid dienone is 1. The van der Waals surface area contributed by atoms with E-state index in [2.05, 4.69) is 64.2 Å². The van der Waals surface area contributed by atoms with E-state index >= 15 is 0 Å². The van der Waals surface area contributed by atoms with E-state index in [0.29, 0.717) is 0 Å². The predicted molar refractivity (Wildman–Crippen MR) is 85.8 cm³/mol. The molecule has 0 saturated heterocycles. The number of aryl methyl sites for hydroxylation is 3. The van der Waals surface area contributed by atoms with Gasteiger partial charge < -0.3 is 5.32 Å². The molecule has 1 heteroatoms. The van der Waals surface area contributed by atoms with Crippen LogP contribution in [0.25, 0.3) is 0 Å². The first-order valence-electron chi connectivity index (χ1n) is 7.43. The molecule has 19 heavy (non-hydrogen) atoms. The maximum absolute atomic E-state index is 3.46. The van der Waals surface area contributed by atoms with Crippen LogP contribution in [0.3, 0.4) is 0 Å². The van der Waals surface area contributed by atoms with Gasteiger partial charge in [-0.15, -0.1) is 0 Å². The van der Waals surface area contributed by atoms with Gasteiger partial charge in [-0.3, -0.25) is 0 Å². The summed E-state index contributed by atoms with van der Waals surface area (Å²) in [5.41, 5.74) is 5.68. The molecule has 0 aliphatic rings. The molecule has 106 valence electrons. The van der Waals surface area contributed by atoms with Crippen molar-refractivity contribution in [2.45, 2.75) is 47.5 Å². The van der Waals surface area contributed by atoms with Crippen LogP contribution in [-0.4, -0.2) is 13.1 Å². The first-order valence-corrected chi connectivity index (χ1v) is 7.43. The lowest BCUT2D eigenvalue weighted by Crippen LogP contribution is -2.20. The second-order valence-corrected chi connectivity index (χ2v) is 5.94. The topological polar surface area (TPSA) is 12.0 Å². The lowest BCUT2D eigenvalue weighted by Gasteiger charge is -2.09. The lowest BCUT2D eigenvalue weighted by molar-refractivity contribution is 0.556. The van der Waals surface area contributed by atoms with E-state index in [-0.39, 0.29) is 0 Å². The van der Waals surface area contributed by atoms with Gasteiger partial charge in [0.15, 0.2) is 0 Å². The molecule has 0 saturated carbocycles. The van der Waals surface area contributed by atoms with Crippen molar-refractivity contribution in [3.05, 3.63) is 46.5 Å². The van der Waals surface area contributed by atoms with Crippen molar-refractivity contribution in [2.75, 3.05) is 13.1 Å². The zero-order valence-corrected chi connectivity index (χ0v) is 13.2. The van der Waals surface area contributed by atoms with Gasteiger partial charge in [0.25, 0.3) is 0 Å². The van der Waals surface area contributed by atoms with Gasteiger partial charge in [-0.1, -0.05) is 43.7 Å². The Labute approximate surface area is 119 Å². The van der Waals surface area contributed by atoms with Crippen LogP contribution in [0.15, 0.2) is 24.3 Å². The van der Waals surface area contributed by atoms with Gasteiger partial charge in [-0.25, -0.2) is 0 Å². The van der Waals surface area contributed by atoms with Crippen LogP contribution in [0, 0.1) is 26.7 Å². The molecule has 0 bridgehead atoms. The summed E-state index contributed by atoms with van der Waals surface area (Å²) in [6.45, 7) is 13.3. The molecule has 0 fully saturated rings. The first kappa shape index (κ1) is 16.0. The van der Waals surface area contributed by atoms with E-state index in [9.17, 15) is 0 Å². The van der Waals surface area contributed by atoms with Crippen molar-refractivity contribution < 1.29 is 0 Å². The largest absolute Gasteiger partial charge is 0.316 e. The van der Waals surface area contributed by atoms with Gasteiger partial charge in [0, 0.05) is 0 Å². The summed E-state index contributed by atoms with van der Waals surface area (Å²) in [7, 11) is 0. The Kier molecular flexibility index (Phi) is 6.86. The van der Waals surface area contributed by atoms with Gasteiger partial charge in [-0.2, -0.15) is 0 Å². The highest BCUT2D eigenvalue weighted by Gasteiger charge is 2.01. The van der Waals surface area contributed by atoms with E-state index in [0.717, 1.165) is 31.8 Å². The van der Waals surface area contributed by atoms with Crippen LogP contribution in [0.5, 0.6) is 0 Å². The van der Waals surface area contributed by atoms with Gasteiger partial charge in [0.1, 0.15) is 0 Å². The molecule has 1 rings (SSSR count). The summed E-state index contributed by atoms with van der Waals surface area (Å²) < 4.78 is 0. The molecule has 0 heterocycles. The molecule has 0 amide bonds. The maximum Gasteiger partial charge on any atom is -0.00142 e. The summed E-state index contributed by atoms with van der Waals surface area (Å²) in [5.74, 6) is 0.738. The van der Waals surface area contributed by atoms with Crippen LogP contribution in [0.4, 0.5) is 0 Å². The Morgan fingerprint density at radius 3 is 2.26 bits per heavy atom. The Bertz CT molecular complexity index is 393. The summed E-state index contributed by atoms with van der Waals surface area (Å²) in [4.78, 5) is 0. The van der Waals surface area contributed by atoms with Crippen molar-refractivity contribution in [1.29, 1.82) is 0 Å². The van der Waals surface area contributed by atoms with Crippen LogP contribution in [-0.2, 0) is 6.42 Å². The standard InChI is InChI=1S/C18H29N/c1-14(2)13-19-10-8-6-7-9-18-16(4)11-15(3)12-17(18)5/h6-7,11-12,14,19H,8-10,13H2,1-5H3. The quantitative estimate of drug-likeness (QED) is 0.567. The Hall–Kier alpha value is -1.08. The average Bonchev–Trinajstić information content (AvgIpc) is 2.30. The van der Waals surface area contributed by atoms with Gasteiger partial charge >= 0.3 is 0 Å². The fourth-order valence-electron chi connectivity index (χ4n) is 2.43. The molecular weight excluding hydrogens is 230 g/mol. The van der Waals surface area contributed by atoms with Gasteiger partial charge in [0.2, 0.25) is 0 Å². The van der Waals surface area contributed by atoms with E-state index in [4.69, 9.17) is 0 Å². The second-order valence-electron chi connectivity index (χ2n) is 5.94. The molecule has 1 N–H and O–H groups in total. The number of nitrogens with one attached hydrogen (secondary N) is 1. The first-order chi connectivity index (χ1) is 9.00. The Balaban J connectivity index is 2.36. The second kappa shape index (κ2) is 8.16. The van der Waals surface area contributed by atoms with Crippen molar-refractivity contribution >= 4 is 0 Å². The number of benzene rings is 1. The highest BCUT2D eigenvalue weighted by molar-refractivity contribution is 5.38. The molecule has 0 unspecified atom stereocenters. The van der Waals surface area contributed by atoms with Crippen LogP contribution < -0.4 is 5.32 Å². The van der Waals surface area contributed by atoms with Gasteiger partial charge in [-0.05, 0) is 69.3 Å². The minimum absolute atomic E-state index is 0.738. The van der Waals surface area contributed by atoms with E-state index in [1.807, 2.05) is 0 Å². The van der Waals surface area contributed by atoms with Crippen molar-refractivity contribution in [2.24, 2.45) is 5.92 Å². The van der Waals surface area contributed by atoms with Crippen molar-refractivity contribution in [3.63, 3.8) is 0 Å². The summed E-state index contributed by atoms with van der Waals surface area (Å²) in [5, 5.41) is 3.46. The molecule has 0 aliphatic heterocycles. The van der Waals surface area contributed by atoms with E-state index in [1.165, 1.54) is 22.3 Å². The predicted octanol–water partition coefficient (Wildman–Crippen LogP) is 4.35. The normalized spacial score (nSPS) is 11.7. The van der Waals surface area contributed by atoms with Crippen molar-refractivity contribution in [1.82, 2.24) is 5.32 Å². The third-order valence-electron chi connectivity index (χ3n) is 3.37. The third-order valence-corrected chi connectivity index (χ3v) is 3.37. The molecule has 1 aromatic rings. The highest BCUT2D eigenvalue weighted by Crippen LogP contribution is 2.17. The molecule has 1 nitrogen and oxygen atoms in total. The van der Waals surface area contributed by atoms with E-state index in [1.54, 1.807) is 0 Å². The number of rotatable bonds is 7. The molecule has 0 aromatic heterocycles. The smallest absolute Gasteiger partial charge is 0.00142 e. The maximum atomic E-state index is 3.46. The molecule has 0 atom stereocenters. The zero-order valence-electron chi connectivity index (χ0n) is 13.2. The van der Waals surface area contributed by atoms with Crippen LogP contribution in [0.1, 0.15) is 42.5 Å². The fraction of sp³-hybridized carbons (Fsp3) is 0.556. The molecule has 0 spiro atoms. The summed E-state index contributed by atoms with van der Waals surface area (Å²) in [6.07, 6.45) is 6.78. The average molecular weight is 259 g/mol. The summed E-state index contributed by atoms with van der Waals surface area (Å²) in [6, 6.07) is 4.56. The molecule has 1 aromatic carbocycles. The minimum Gasteiger partial charge on any atom is -0.316 e. The minimum atomic E-state index is 0.738. The van der Waals surface area contributed by atoms with Crippen LogP contribution >= 0.6 is 0 Å². The monoisotopic (exact) mass is 259 g/mol. The van der Waals surface area contributed by atoms with E-state index < -0.39 is 0 Å². The number of hydrogen-bond donors (Lipinski definition) is 1. The van der Waals surface area contributed by atoms with Gasteiger partial charge in [0.05, 0.1) is 0 Å². The third kappa shape index (κ3) is 6.07. The lowest BCUT2D eigenvalue weighted by atomic mass is 9.97. The Morgan fingerprint density at radius 1 is 1.05 bits per heavy atom. The Morgan fingerprint density at radius 2 is 1.68 bits per heavy atom. The van der Waals surface area contributed by atoms with Crippen LogP contribution in [0.2, 0.25) is 0 Å². The zero-order chi connectivity index (χ0) is 14.3.